The van der Waals surface area contributed by atoms with Gasteiger partial charge in [-0.2, -0.15) is 0 Å². The molecule has 2 aliphatic rings. The number of hydrogen-bond acceptors (Lipinski definition) is 3. The zero-order valence-corrected chi connectivity index (χ0v) is 15.7. The van der Waals surface area contributed by atoms with E-state index in [-0.39, 0.29) is 12.5 Å². The van der Waals surface area contributed by atoms with E-state index in [1.165, 1.54) is 6.42 Å². The maximum absolute atomic E-state index is 12.7. The van der Waals surface area contributed by atoms with Crippen LogP contribution in [0.25, 0.3) is 0 Å². The number of rotatable bonds is 9. The van der Waals surface area contributed by atoms with Gasteiger partial charge in [0.05, 0.1) is 4.90 Å². The number of benzene rings is 1. The zero-order chi connectivity index (χ0) is 18.6. The third-order valence-electron chi connectivity index (χ3n) is 5.77. The van der Waals surface area contributed by atoms with Gasteiger partial charge in [-0.25, -0.2) is 13.1 Å². The van der Waals surface area contributed by atoms with Gasteiger partial charge in [-0.15, -0.1) is 0 Å². The first kappa shape index (κ1) is 19.1. The predicted molar refractivity (Wildman–Crippen MR) is 100 cm³/mol. The number of unbranched alkanes of at least 4 members (excludes halogenated alkanes) is 1. The number of aliphatic carboxylic acids is 1. The van der Waals surface area contributed by atoms with Crippen LogP contribution in [0.1, 0.15) is 44.9 Å². The molecule has 3 rings (SSSR count). The molecule has 0 aromatic heterocycles. The molecule has 1 aromatic carbocycles. The van der Waals surface area contributed by atoms with E-state index < -0.39 is 16.0 Å². The lowest BCUT2D eigenvalue weighted by atomic mass is 9.83. The molecule has 26 heavy (non-hydrogen) atoms. The van der Waals surface area contributed by atoms with Gasteiger partial charge in [0.1, 0.15) is 0 Å². The highest BCUT2D eigenvalue weighted by Crippen LogP contribution is 2.50. The summed E-state index contributed by atoms with van der Waals surface area (Å²) in [5, 5.41) is 8.66. The first-order valence-electron chi connectivity index (χ1n) is 9.41. The van der Waals surface area contributed by atoms with Crippen LogP contribution < -0.4 is 4.72 Å². The van der Waals surface area contributed by atoms with Crippen LogP contribution in [0, 0.1) is 17.8 Å². The monoisotopic (exact) mass is 377 g/mol. The number of carboxylic acids is 1. The molecule has 0 saturated heterocycles. The Morgan fingerprint density at radius 1 is 1.15 bits per heavy atom. The molecule has 2 saturated carbocycles. The summed E-state index contributed by atoms with van der Waals surface area (Å²) in [5.74, 6) is 0.598. The van der Waals surface area contributed by atoms with Crippen molar-refractivity contribution in [3.8, 4) is 0 Å². The Labute approximate surface area is 155 Å². The van der Waals surface area contributed by atoms with Crippen molar-refractivity contribution in [3.63, 3.8) is 0 Å². The van der Waals surface area contributed by atoms with Crippen LogP contribution in [-0.2, 0) is 14.8 Å². The molecule has 4 atom stereocenters. The van der Waals surface area contributed by atoms with Gasteiger partial charge in [-0.05, 0) is 68.4 Å². The fourth-order valence-electron chi connectivity index (χ4n) is 4.52. The van der Waals surface area contributed by atoms with E-state index in [1.807, 2.05) is 12.1 Å². The van der Waals surface area contributed by atoms with Crippen LogP contribution >= 0.6 is 0 Å². The summed E-state index contributed by atoms with van der Waals surface area (Å²) in [6.45, 7) is 0. The Hall–Kier alpha value is -1.66. The molecule has 2 fully saturated rings. The molecule has 2 N–H and O–H groups in total. The van der Waals surface area contributed by atoms with E-state index in [9.17, 15) is 13.2 Å². The topological polar surface area (TPSA) is 83.5 Å². The molecule has 1 unspecified atom stereocenters. The lowest BCUT2D eigenvalue weighted by Crippen LogP contribution is -2.43. The second-order valence-electron chi connectivity index (χ2n) is 7.45. The molecule has 0 radical (unpaired) electrons. The molecular weight excluding hydrogens is 350 g/mol. The number of allylic oxidation sites excluding steroid dienone is 2. The Balaban J connectivity index is 1.60. The van der Waals surface area contributed by atoms with E-state index in [0.717, 1.165) is 25.7 Å². The van der Waals surface area contributed by atoms with Crippen LogP contribution in [-0.4, -0.2) is 25.5 Å². The van der Waals surface area contributed by atoms with Gasteiger partial charge >= 0.3 is 5.97 Å². The molecule has 2 bridgehead atoms. The lowest BCUT2D eigenvalue weighted by Gasteiger charge is -2.31. The average Bonchev–Trinajstić information content (AvgIpc) is 3.20. The van der Waals surface area contributed by atoms with Gasteiger partial charge in [0.25, 0.3) is 0 Å². The zero-order valence-electron chi connectivity index (χ0n) is 14.9. The Bertz CT molecular complexity index is 744. The maximum Gasteiger partial charge on any atom is 0.303 e. The summed E-state index contributed by atoms with van der Waals surface area (Å²) in [5.41, 5.74) is 0. The van der Waals surface area contributed by atoms with Gasteiger partial charge in [-0.3, -0.25) is 4.79 Å². The van der Waals surface area contributed by atoms with Crippen molar-refractivity contribution in [3.05, 3.63) is 42.5 Å². The van der Waals surface area contributed by atoms with E-state index in [0.29, 0.717) is 29.1 Å². The summed E-state index contributed by atoms with van der Waals surface area (Å²) in [6.07, 6.45) is 10.00. The Kier molecular flexibility index (Phi) is 6.14. The SMILES string of the molecule is O=C(O)CCC/C=C\C[C@H]1[C@@H]2CCC(C2)[C@@H]1NS(=O)(=O)c1ccccc1. The van der Waals surface area contributed by atoms with Crippen molar-refractivity contribution < 1.29 is 18.3 Å². The van der Waals surface area contributed by atoms with Crippen molar-refractivity contribution >= 4 is 16.0 Å². The number of hydrogen-bond donors (Lipinski definition) is 2. The van der Waals surface area contributed by atoms with Crippen molar-refractivity contribution in [2.45, 2.75) is 55.9 Å². The molecule has 2 aliphatic carbocycles. The number of nitrogens with one attached hydrogen (secondary N) is 1. The quantitative estimate of drug-likeness (QED) is 0.509. The minimum Gasteiger partial charge on any atom is -0.481 e. The maximum atomic E-state index is 12.7. The summed E-state index contributed by atoms with van der Waals surface area (Å²) < 4.78 is 28.4. The molecular formula is C20H27NO4S. The molecule has 0 heterocycles. The third-order valence-corrected chi connectivity index (χ3v) is 7.24. The molecule has 142 valence electrons. The van der Waals surface area contributed by atoms with Gasteiger partial charge < -0.3 is 5.11 Å². The van der Waals surface area contributed by atoms with E-state index in [2.05, 4.69) is 10.8 Å². The predicted octanol–water partition coefficient (Wildman–Crippen LogP) is 3.58. The van der Waals surface area contributed by atoms with Crippen LogP contribution in [0.4, 0.5) is 0 Å². The first-order valence-corrected chi connectivity index (χ1v) is 10.9. The van der Waals surface area contributed by atoms with Gasteiger partial charge in [0, 0.05) is 12.5 Å². The highest BCUT2D eigenvalue weighted by molar-refractivity contribution is 7.89. The van der Waals surface area contributed by atoms with Gasteiger partial charge in [0.15, 0.2) is 0 Å². The van der Waals surface area contributed by atoms with Gasteiger partial charge in [-0.1, -0.05) is 30.4 Å². The smallest absolute Gasteiger partial charge is 0.303 e. The number of carbonyl (C=O) groups is 1. The summed E-state index contributed by atoms with van der Waals surface area (Å²) in [6, 6.07) is 8.57. The van der Waals surface area contributed by atoms with Crippen LogP contribution in [0.15, 0.2) is 47.4 Å². The van der Waals surface area contributed by atoms with Crippen molar-refractivity contribution in [2.75, 3.05) is 0 Å². The second kappa shape index (κ2) is 8.35. The average molecular weight is 378 g/mol. The molecule has 0 amide bonds. The summed E-state index contributed by atoms with van der Waals surface area (Å²) >= 11 is 0. The Morgan fingerprint density at radius 3 is 2.62 bits per heavy atom. The Morgan fingerprint density at radius 2 is 1.88 bits per heavy atom. The largest absolute Gasteiger partial charge is 0.481 e. The summed E-state index contributed by atoms with van der Waals surface area (Å²) in [4.78, 5) is 10.9. The fraction of sp³-hybridized carbons (Fsp3) is 0.550. The second-order valence-corrected chi connectivity index (χ2v) is 9.16. The molecule has 1 aromatic rings. The minimum atomic E-state index is -3.49. The highest BCUT2D eigenvalue weighted by Gasteiger charge is 2.48. The highest BCUT2D eigenvalue weighted by atomic mass is 32.2. The van der Waals surface area contributed by atoms with Crippen LogP contribution in [0.2, 0.25) is 0 Å². The lowest BCUT2D eigenvalue weighted by molar-refractivity contribution is -0.137. The normalized spacial score (nSPS) is 28.0. The van der Waals surface area contributed by atoms with E-state index in [1.54, 1.807) is 24.3 Å². The molecule has 6 heteroatoms. The number of sulfonamides is 1. The van der Waals surface area contributed by atoms with Gasteiger partial charge in [0.2, 0.25) is 10.0 Å². The first-order chi connectivity index (χ1) is 12.5. The number of fused-ring (bicyclic) bond motifs is 2. The number of carboxylic acid groups (broad SMARTS) is 1. The van der Waals surface area contributed by atoms with Crippen molar-refractivity contribution in [1.29, 1.82) is 0 Å². The standard InChI is InChI=1S/C20H27NO4S/c22-19(23)11-7-2-1-6-10-18-15-12-13-16(14-15)20(18)21-26(24,25)17-8-4-3-5-9-17/h1,3-6,8-9,15-16,18,20-21H,2,7,10-14H2,(H,22,23)/b6-1-/t15-,16?,18+,20+/m1/s1. The molecule has 5 nitrogen and oxygen atoms in total. The van der Waals surface area contributed by atoms with E-state index in [4.69, 9.17) is 5.11 Å². The van der Waals surface area contributed by atoms with Crippen LogP contribution in [0.3, 0.4) is 0 Å². The van der Waals surface area contributed by atoms with Crippen molar-refractivity contribution in [1.82, 2.24) is 4.72 Å². The van der Waals surface area contributed by atoms with Crippen LogP contribution in [0.5, 0.6) is 0 Å². The molecule has 0 aliphatic heterocycles. The summed E-state index contributed by atoms with van der Waals surface area (Å²) in [7, 11) is -3.49. The fourth-order valence-corrected chi connectivity index (χ4v) is 5.90. The van der Waals surface area contributed by atoms with Crippen molar-refractivity contribution in [2.24, 2.45) is 17.8 Å². The molecule has 0 spiro atoms. The third kappa shape index (κ3) is 4.54. The van der Waals surface area contributed by atoms with E-state index >= 15 is 0 Å². The minimum absolute atomic E-state index is 0.00243.